The summed E-state index contributed by atoms with van der Waals surface area (Å²) in [5.74, 6) is -0.777. The SMILES string of the molecule is CCC(C)(C)c1ccc(C(O)(C(N)=O)c2ccccc2)cc1. The van der Waals surface area contributed by atoms with E-state index in [9.17, 15) is 9.90 Å². The second-order valence-corrected chi connectivity index (χ2v) is 6.26. The van der Waals surface area contributed by atoms with Crippen molar-refractivity contribution in [3.8, 4) is 0 Å². The molecule has 0 spiro atoms. The highest BCUT2D eigenvalue weighted by molar-refractivity contribution is 5.88. The van der Waals surface area contributed by atoms with Crippen molar-refractivity contribution < 1.29 is 9.90 Å². The predicted octanol–water partition coefficient (Wildman–Crippen LogP) is 3.10. The van der Waals surface area contributed by atoms with E-state index in [-0.39, 0.29) is 5.41 Å². The molecule has 116 valence electrons. The average molecular weight is 297 g/mol. The van der Waals surface area contributed by atoms with E-state index in [0.29, 0.717) is 11.1 Å². The quantitative estimate of drug-likeness (QED) is 0.890. The van der Waals surface area contributed by atoms with Crippen LogP contribution in [-0.2, 0) is 15.8 Å². The van der Waals surface area contributed by atoms with Gasteiger partial charge >= 0.3 is 0 Å². The first-order valence-corrected chi connectivity index (χ1v) is 7.51. The Bertz CT molecular complexity index is 647. The van der Waals surface area contributed by atoms with Gasteiger partial charge in [0.05, 0.1) is 0 Å². The Morgan fingerprint density at radius 1 is 0.955 bits per heavy atom. The van der Waals surface area contributed by atoms with Crippen LogP contribution in [0, 0.1) is 0 Å². The van der Waals surface area contributed by atoms with Gasteiger partial charge in [0, 0.05) is 0 Å². The molecular formula is C19H23NO2. The predicted molar refractivity (Wildman–Crippen MR) is 88.4 cm³/mol. The number of hydrogen-bond acceptors (Lipinski definition) is 2. The van der Waals surface area contributed by atoms with Crippen LogP contribution in [0.5, 0.6) is 0 Å². The lowest BCUT2D eigenvalue weighted by atomic mass is 9.80. The van der Waals surface area contributed by atoms with Gasteiger partial charge < -0.3 is 10.8 Å². The molecular weight excluding hydrogens is 274 g/mol. The molecule has 1 atom stereocenters. The molecule has 2 rings (SSSR count). The molecule has 3 nitrogen and oxygen atoms in total. The van der Waals surface area contributed by atoms with Gasteiger partial charge in [-0.3, -0.25) is 4.79 Å². The molecule has 0 aromatic heterocycles. The van der Waals surface area contributed by atoms with Crippen molar-refractivity contribution in [1.29, 1.82) is 0 Å². The number of amides is 1. The Balaban J connectivity index is 2.50. The summed E-state index contributed by atoms with van der Waals surface area (Å²) in [6.07, 6.45) is 1.01. The maximum Gasteiger partial charge on any atom is 0.258 e. The summed E-state index contributed by atoms with van der Waals surface area (Å²) in [5.41, 5.74) is 5.87. The van der Waals surface area contributed by atoms with Crippen LogP contribution in [0.2, 0.25) is 0 Å². The first-order chi connectivity index (χ1) is 10.3. The first kappa shape index (κ1) is 16.2. The van der Waals surface area contributed by atoms with Gasteiger partial charge in [-0.1, -0.05) is 75.4 Å². The van der Waals surface area contributed by atoms with Crippen LogP contribution in [0.3, 0.4) is 0 Å². The Morgan fingerprint density at radius 3 is 1.86 bits per heavy atom. The lowest BCUT2D eigenvalue weighted by molar-refractivity contribution is -0.133. The first-order valence-electron chi connectivity index (χ1n) is 7.51. The van der Waals surface area contributed by atoms with Crippen LogP contribution >= 0.6 is 0 Å². The zero-order valence-electron chi connectivity index (χ0n) is 13.3. The topological polar surface area (TPSA) is 63.3 Å². The van der Waals surface area contributed by atoms with E-state index in [4.69, 9.17) is 5.73 Å². The van der Waals surface area contributed by atoms with Gasteiger partial charge in [-0.2, -0.15) is 0 Å². The molecule has 1 amide bonds. The number of rotatable bonds is 5. The normalized spacial score (nSPS) is 14.4. The fourth-order valence-electron chi connectivity index (χ4n) is 2.50. The highest BCUT2D eigenvalue weighted by Gasteiger charge is 2.38. The van der Waals surface area contributed by atoms with Crippen LogP contribution in [0.25, 0.3) is 0 Å². The van der Waals surface area contributed by atoms with E-state index >= 15 is 0 Å². The molecule has 3 N–H and O–H groups in total. The standard InChI is InChI=1S/C19H23NO2/c1-4-18(2,3)14-10-12-16(13-11-14)19(22,17(20)21)15-8-6-5-7-9-15/h5-13,22H,4H2,1-3H3,(H2,20,21). The van der Waals surface area contributed by atoms with Crippen LogP contribution in [0.15, 0.2) is 54.6 Å². The van der Waals surface area contributed by atoms with E-state index < -0.39 is 11.5 Å². The fourth-order valence-corrected chi connectivity index (χ4v) is 2.50. The number of benzene rings is 2. The molecule has 2 aromatic rings. The molecule has 0 fully saturated rings. The molecule has 0 aliphatic rings. The zero-order valence-corrected chi connectivity index (χ0v) is 13.3. The minimum Gasteiger partial charge on any atom is -0.372 e. The summed E-state index contributed by atoms with van der Waals surface area (Å²) in [6, 6.07) is 16.3. The van der Waals surface area contributed by atoms with Crippen molar-refractivity contribution in [2.45, 2.75) is 38.2 Å². The number of nitrogens with two attached hydrogens (primary N) is 1. The van der Waals surface area contributed by atoms with Crippen molar-refractivity contribution in [1.82, 2.24) is 0 Å². The highest BCUT2D eigenvalue weighted by atomic mass is 16.3. The molecule has 0 heterocycles. The number of carbonyl (C=O) groups excluding carboxylic acids is 1. The van der Waals surface area contributed by atoms with Gasteiger partial charge in [0.25, 0.3) is 5.91 Å². The van der Waals surface area contributed by atoms with Gasteiger partial charge in [-0.25, -0.2) is 0 Å². The van der Waals surface area contributed by atoms with Crippen molar-refractivity contribution in [2.24, 2.45) is 5.73 Å². The van der Waals surface area contributed by atoms with E-state index in [1.807, 2.05) is 18.2 Å². The van der Waals surface area contributed by atoms with Gasteiger partial charge in [0.2, 0.25) is 0 Å². The van der Waals surface area contributed by atoms with Crippen molar-refractivity contribution >= 4 is 5.91 Å². The fraction of sp³-hybridized carbons (Fsp3) is 0.316. The maximum absolute atomic E-state index is 11.9. The van der Waals surface area contributed by atoms with Crippen LogP contribution < -0.4 is 5.73 Å². The third-order valence-electron chi connectivity index (χ3n) is 4.52. The van der Waals surface area contributed by atoms with Gasteiger partial charge in [0.15, 0.2) is 5.60 Å². The Kier molecular flexibility index (Phi) is 4.38. The molecule has 2 aromatic carbocycles. The third-order valence-corrected chi connectivity index (χ3v) is 4.52. The molecule has 0 bridgehead atoms. The van der Waals surface area contributed by atoms with E-state index in [0.717, 1.165) is 6.42 Å². The summed E-state index contributed by atoms with van der Waals surface area (Å²) in [7, 11) is 0. The molecule has 0 saturated carbocycles. The summed E-state index contributed by atoms with van der Waals surface area (Å²) < 4.78 is 0. The van der Waals surface area contributed by atoms with Crippen LogP contribution in [-0.4, -0.2) is 11.0 Å². The summed E-state index contributed by atoms with van der Waals surface area (Å²) >= 11 is 0. The number of aliphatic hydroxyl groups is 1. The summed E-state index contributed by atoms with van der Waals surface area (Å²) in [6.45, 7) is 6.47. The minimum absolute atomic E-state index is 0.0517. The number of primary amides is 1. The molecule has 0 aliphatic carbocycles. The third kappa shape index (κ3) is 2.77. The van der Waals surface area contributed by atoms with Gasteiger partial charge in [-0.05, 0) is 28.5 Å². The smallest absolute Gasteiger partial charge is 0.258 e. The molecule has 22 heavy (non-hydrogen) atoms. The average Bonchev–Trinajstić information content (AvgIpc) is 2.54. The zero-order chi connectivity index (χ0) is 16.4. The Hall–Kier alpha value is -2.13. The lowest BCUT2D eigenvalue weighted by Crippen LogP contribution is -2.42. The van der Waals surface area contributed by atoms with E-state index in [1.165, 1.54) is 5.56 Å². The van der Waals surface area contributed by atoms with Gasteiger partial charge in [-0.15, -0.1) is 0 Å². The Labute approximate surface area is 131 Å². The van der Waals surface area contributed by atoms with Crippen molar-refractivity contribution in [2.75, 3.05) is 0 Å². The maximum atomic E-state index is 11.9. The van der Waals surface area contributed by atoms with E-state index in [2.05, 4.69) is 20.8 Å². The molecule has 0 saturated heterocycles. The Morgan fingerprint density at radius 2 is 1.41 bits per heavy atom. The lowest BCUT2D eigenvalue weighted by Gasteiger charge is -2.28. The number of carbonyl (C=O) groups is 1. The van der Waals surface area contributed by atoms with Gasteiger partial charge in [0.1, 0.15) is 0 Å². The molecule has 1 unspecified atom stereocenters. The summed E-state index contributed by atoms with van der Waals surface area (Å²) in [5, 5.41) is 10.9. The molecule has 0 radical (unpaired) electrons. The highest BCUT2D eigenvalue weighted by Crippen LogP contribution is 2.32. The van der Waals surface area contributed by atoms with Crippen LogP contribution in [0.1, 0.15) is 43.9 Å². The number of hydrogen-bond donors (Lipinski definition) is 2. The molecule has 3 heteroatoms. The second kappa shape index (κ2) is 5.93. The minimum atomic E-state index is -1.81. The van der Waals surface area contributed by atoms with Crippen LogP contribution in [0.4, 0.5) is 0 Å². The largest absolute Gasteiger partial charge is 0.372 e. The second-order valence-electron chi connectivity index (χ2n) is 6.26. The van der Waals surface area contributed by atoms with Crippen molar-refractivity contribution in [3.63, 3.8) is 0 Å². The van der Waals surface area contributed by atoms with Crippen molar-refractivity contribution in [3.05, 3.63) is 71.3 Å². The monoisotopic (exact) mass is 297 g/mol. The summed E-state index contributed by atoms with van der Waals surface area (Å²) in [4.78, 5) is 11.9. The molecule has 0 aliphatic heterocycles. The van der Waals surface area contributed by atoms with E-state index in [1.54, 1.807) is 36.4 Å².